The Balaban J connectivity index is 1.14. The van der Waals surface area contributed by atoms with Crippen LogP contribution in [0.15, 0.2) is 30.3 Å². The number of carbonyl (C=O) groups is 2. The third-order valence-corrected chi connectivity index (χ3v) is 5.81. The first-order valence-corrected chi connectivity index (χ1v) is 12.1. The highest BCUT2D eigenvalue weighted by atomic mass is 16.6. The average molecular weight is 478 g/mol. The first-order valence-electron chi connectivity index (χ1n) is 12.1. The number of rotatable bonds is 13. The van der Waals surface area contributed by atoms with Crippen LogP contribution < -0.4 is 10.6 Å². The fourth-order valence-electron chi connectivity index (χ4n) is 4.08. The van der Waals surface area contributed by atoms with Crippen LogP contribution in [0.1, 0.15) is 32.8 Å². The maximum atomic E-state index is 12.5. The van der Waals surface area contributed by atoms with Crippen LogP contribution >= 0.6 is 0 Å². The second-order valence-corrected chi connectivity index (χ2v) is 9.78. The molecule has 1 saturated heterocycles. The molecular formula is C25H39N3O6. The third kappa shape index (κ3) is 9.12. The number of alkyl carbamates (subject to hydrolysis) is 1. The number of hydrogen-bond donors (Lipinski definition) is 2. The molecule has 1 aliphatic heterocycles. The van der Waals surface area contributed by atoms with Crippen LogP contribution in [0.2, 0.25) is 0 Å². The van der Waals surface area contributed by atoms with Crippen LogP contribution in [0.3, 0.4) is 0 Å². The molecule has 9 heteroatoms. The number of benzene rings is 1. The summed E-state index contributed by atoms with van der Waals surface area (Å²) >= 11 is 0. The molecule has 2 aliphatic rings. The van der Waals surface area contributed by atoms with Crippen molar-refractivity contribution in [3.63, 3.8) is 0 Å². The van der Waals surface area contributed by atoms with E-state index < -0.39 is 11.7 Å². The van der Waals surface area contributed by atoms with E-state index in [9.17, 15) is 9.59 Å². The second-order valence-electron chi connectivity index (χ2n) is 9.78. The Morgan fingerprint density at radius 3 is 2.44 bits per heavy atom. The van der Waals surface area contributed by atoms with Gasteiger partial charge in [0.2, 0.25) is 0 Å². The summed E-state index contributed by atoms with van der Waals surface area (Å²) in [6.07, 6.45) is 0.540. The van der Waals surface area contributed by atoms with Gasteiger partial charge in [0.25, 0.3) is 0 Å². The smallest absolute Gasteiger partial charge is 0.410 e. The first-order chi connectivity index (χ1) is 16.3. The molecule has 1 unspecified atom stereocenters. The monoisotopic (exact) mass is 477 g/mol. The van der Waals surface area contributed by atoms with E-state index in [1.54, 1.807) is 0 Å². The number of amides is 2. The lowest BCUT2D eigenvalue weighted by atomic mass is 10.2. The van der Waals surface area contributed by atoms with Gasteiger partial charge in [0.15, 0.2) is 0 Å². The zero-order valence-electron chi connectivity index (χ0n) is 20.6. The van der Waals surface area contributed by atoms with Crippen molar-refractivity contribution in [2.45, 2.75) is 45.4 Å². The summed E-state index contributed by atoms with van der Waals surface area (Å²) < 4.78 is 21.7. The topological polar surface area (TPSA) is 98.4 Å². The van der Waals surface area contributed by atoms with E-state index >= 15 is 0 Å². The van der Waals surface area contributed by atoms with E-state index in [4.69, 9.17) is 18.9 Å². The zero-order chi connectivity index (χ0) is 24.4. The molecule has 3 atom stereocenters. The molecule has 34 heavy (non-hydrogen) atoms. The van der Waals surface area contributed by atoms with Gasteiger partial charge in [-0.3, -0.25) is 0 Å². The summed E-state index contributed by atoms with van der Waals surface area (Å²) in [5.41, 5.74) is 0.473. The van der Waals surface area contributed by atoms with Gasteiger partial charge in [-0.1, -0.05) is 30.3 Å². The summed E-state index contributed by atoms with van der Waals surface area (Å²) in [6, 6.07) is 9.74. The number of fused-ring (bicyclic) bond motifs is 1. The summed E-state index contributed by atoms with van der Waals surface area (Å²) in [4.78, 5) is 26.0. The fraction of sp³-hybridized carbons (Fsp3) is 0.680. The minimum atomic E-state index is -0.473. The van der Waals surface area contributed by atoms with Crippen LogP contribution in [-0.4, -0.2) is 81.3 Å². The highest BCUT2D eigenvalue weighted by Crippen LogP contribution is 2.49. The molecule has 0 spiro atoms. The predicted molar refractivity (Wildman–Crippen MR) is 127 cm³/mol. The van der Waals surface area contributed by atoms with E-state index in [1.807, 2.05) is 56.0 Å². The average Bonchev–Trinajstić information content (AvgIpc) is 3.47. The van der Waals surface area contributed by atoms with Crippen molar-refractivity contribution < 1.29 is 28.5 Å². The lowest BCUT2D eigenvalue weighted by Crippen LogP contribution is -2.46. The molecule has 0 radical (unpaired) electrons. The van der Waals surface area contributed by atoms with Gasteiger partial charge in [-0.2, -0.15) is 0 Å². The quantitative estimate of drug-likeness (QED) is 0.422. The van der Waals surface area contributed by atoms with Gasteiger partial charge in [-0.25, -0.2) is 9.59 Å². The van der Waals surface area contributed by atoms with Gasteiger partial charge in [0.05, 0.1) is 32.5 Å². The minimum absolute atomic E-state index is 0.204. The Morgan fingerprint density at radius 1 is 1.03 bits per heavy atom. The van der Waals surface area contributed by atoms with Gasteiger partial charge >= 0.3 is 12.2 Å². The van der Waals surface area contributed by atoms with Crippen LogP contribution in [0, 0.1) is 11.8 Å². The SMILES string of the molecule is CC(C)(C)OC(=O)N1C[C@@H]2CC2[C@H]1CNCCOCCOCCNC(=O)OCc1ccccc1. The molecule has 2 amide bonds. The molecule has 9 nitrogen and oxygen atoms in total. The second kappa shape index (κ2) is 12.9. The van der Waals surface area contributed by atoms with Crippen LogP contribution in [0.25, 0.3) is 0 Å². The maximum Gasteiger partial charge on any atom is 0.410 e. The molecule has 1 aliphatic carbocycles. The molecule has 0 bridgehead atoms. The molecule has 2 N–H and O–H groups in total. The molecule has 1 saturated carbocycles. The third-order valence-electron chi connectivity index (χ3n) is 5.81. The summed E-state index contributed by atoms with van der Waals surface area (Å²) in [6.45, 7) is 10.5. The van der Waals surface area contributed by atoms with Crippen molar-refractivity contribution in [2.75, 3.05) is 52.6 Å². The molecule has 0 aromatic heterocycles. The highest BCUT2D eigenvalue weighted by Gasteiger charge is 2.54. The van der Waals surface area contributed by atoms with Gasteiger partial charge in [0.1, 0.15) is 12.2 Å². The van der Waals surface area contributed by atoms with Crippen LogP contribution in [0.4, 0.5) is 9.59 Å². The maximum absolute atomic E-state index is 12.5. The molecule has 1 aromatic carbocycles. The highest BCUT2D eigenvalue weighted by molar-refractivity contribution is 5.69. The molecular weight excluding hydrogens is 438 g/mol. The summed E-state index contributed by atoms with van der Waals surface area (Å²) in [5, 5.41) is 6.06. The number of piperidine rings is 1. The molecule has 1 aromatic rings. The number of carbonyl (C=O) groups excluding carboxylic acids is 2. The Morgan fingerprint density at radius 2 is 1.74 bits per heavy atom. The number of ether oxygens (including phenoxy) is 4. The van der Waals surface area contributed by atoms with Crippen molar-refractivity contribution in [1.29, 1.82) is 0 Å². The lowest BCUT2D eigenvalue weighted by molar-refractivity contribution is 0.0189. The first kappa shape index (κ1) is 26.2. The molecule has 1 heterocycles. The zero-order valence-corrected chi connectivity index (χ0v) is 20.6. The van der Waals surface area contributed by atoms with Crippen molar-refractivity contribution in [3.05, 3.63) is 35.9 Å². The van der Waals surface area contributed by atoms with Gasteiger partial charge in [-0.15, -0.1) is 0 Å². The number of nitrogens with zero attached hydrogens (tertiary/aromatic N) is 1. The van der Waals surface area contributed by atoms with Crippen molar-refractivity contribution in [1.82, 2.24) is 15.5 Å². The van der Waals surface area contributed by atoms with Crippen molar-refractivity contribution >= 4 is 12.2 Å². The van der Waals surface area contributed by atoms with E-state index in [-0.39, 0.29) is 18.7 Å². The van der Waals surface area contributed by atoms with Crippen molar-refractivity contribution in [2.24, 2.45) is 11.8 Å². The Bertz CT molecular complexity index is 770. The number of nitrogens with one attached hydrogen (secondary N) is 2. The van der Waals surface area contributed by atoms with Gasteiger partial charge < -0.3 is 34.5 Å². The van der Waals surface area contributed by atoms with Crippen LogP contribution in [0.5, 0.6) is 0 Å². The summed E-state index contributed by atoms with van der Waals surface area (Å²) in [5.74, 6) is 1.23. The van der Waals surface area contributed by atoms with Crippen LogP contribution in [-0.2, 0) is 25.6 Å². The minimum Gasteiger partial charge on any atom is -0.445 e. The van der Waals surface area contributed by atoms with Gasteiger partial charge in [0, 0.05) is 26.2 Å². The van der Waals surface area contributed by atoms with Gasteiger partial charge in [-0.05, 0) is 44.6 Å². The largest absolute Gasteiger partial charge is 0.445 e. The Kier molecular flexibility index (Phi) is 9.98. The van der Waals surface area contributed by atoms with E-state index in [2.05, 4.69) is 10.6 Å². The van der Waals surface area contributed by atoms with E-state index in [0.29, 0.717) is 51.4 Å². The molecule has 3 rings (SSSR count). The molecule has 2 fully saturated rings. The van der Waals surface area contributed by atoms with E-state index in [1.165, 1.54) is 6.42 Å². The predicted octanol–water partition coefficient (Wildman–Crippen LogP) is 2.79. The fourth-order valence-corrected chi connectivity index (χ4v) is 4.08. The standard InChI is InChI=1S/C25H39N3O6/c1-25(2,3)34-24(30)28-17-20-15-21(20)22(28)16-26-9-11-31-13-14-32-12-10-27-23(29)33-18-19-7-5-4-6-8-19/h4-8,20-22,26H,9-18H2,1-3H3,(H,27,29)/t20-,21?,22+/m0/s1. The normalized spacial score (nSPS) is 21.1. The number of hydrogen-bond acceptors (Lipinski definition) is 7. The summed E-state index contributed by atoms with van der Waals surface area (Å²) in [7, 11) is 0. The lowest BCUT2D eigenvalue weighted by Gasteiger charge is -2.30. The number of likely N-dealkylation sites (tertiary alicyclic amines) is 1. The Hall–Kier alpha value is -2.36. The Labute approximate surface area is 202 Å². The van der Waals surface area contributed by atoms with Crippen molar-refractivity contribution in [3.8, 4) is 0 Å². The van der Waals surface area contributed by atoms with E-state index in [0.717, 1.165) is 18.7 Å². The molecule has 190 valence electrons.